The predicted molar refractivity (Wildman–Crippen MR) is 86.3 cm³/mol. The molecule has 0 aliphatic carbocycles. The van der Waals surface area contributed by atoms with Crippen LogP contribution >= 0.6 is 0 Å². The molecule has 2 aromatic carbocycles. The van der Waals surface area contributed by atoms with E-state index in [1.54, 1.807) is 12.3 Å². The molecule has 1 heteroatoms. The molecule has 1 nitrogen and oxygen atoms in total. The van der Waals surface area contributed by atoms with Gasteiger partial charge in [-0.05, 0) is 29.5 Å². The third-order valence-electron chi connectivity index (χ3n) is 3.15. The molecule has 0 aromatic heterocycles. The van der Waals surface area contributed by atoms with Gasteiger partial charge in [-0.3, -0.25) is 0 Å². The summed E-state index contributed by atoms with van der Waals surface area (Å²) < 4.78 is 0. The zero-order valence-corrected chi connectivity index (χ0v) is 11.5. The van der Waals surface area contributed by atoms with Gasteiger partial charge in [-0.1, -0.05) is 73.8 Å². The molecule has 0 aliphatic heterocycles. The predicted octanol–water partition coefficient (Wildman–Crippen LogP) is 4.62. The van der Waals surface area contributed by atoms with Gasteiger partial charge >= 0.3 is 0 Å². The Balaban J connectivity index is 2.45. The van der Waals surface area contributed by atoms with Crippen LogP contribution in [-0.2, 0) is 0 Å². The second-order valence-corrected chi connectivity index (χ2v) is 4.47. The summed E-state index contributed by atoms with van der Waals surface area (Å²) in [6.07, 6.45) is 5.64. The first-order chi connectivity index (χ1) is 9.85. The van der Waals surface area contributed by atoms with E-state index in [1.807, 2.05) is 12.1 Å². The number of benzene rings is 2. The molecule has 0 radical (unpaired) electrons. The fourth-order valence-electron chi connectivity index (χ4n) is 2.18. The third kappa shape index (κ3) is 3.48. The Bertz CT molecular complexity index is 542. The number of nitrogens with one attached hydrogen (secondary N) is 1. The molecule has 0 atom stereocenters. The summed E-state index contributed by atoms with van der Waals surface area (Å²) in [6, 6.07) is 20.9. The van der Waals surface area contributed by atoms with Crippen LogP contribution in [0.25, 0.3) is 0 Å². The summed E-state index contributed by atoms with van der Waals surface area (Å²) in [6.45, 7) is 7.54. The fourth-order valence-corrected chi connectivity index (χ4v) is 2.18. The first kappa shape index (κ1) is 13.9. The molecule has 1 N–H and O–H groups in total. The normalized spacial score (nSPS) is 11.2. The molecular formula is C19H19N. The largest absolute Gasteiger partial charge is 0.363 e. The Morgan fingerprint density at radius 3 is 1.75 bits per heavy atom. The monoisotopic (exact) mass is 261 g/mol. The van der Waals surface area contributed by atoms with Crippen LogP contribution in [0, 0.1) is 0 Å². The summed E-state index contributed by atoms with van der Waals surface area (Å²) in [5.74, 6) is 0.192. The summed E-state index contributed by atoms with van der Waals surface area (Å²) in [7, 11) is 0. The standard InChI is InChI=1S/C19H19N/c1-3-18(20-4-2)15-19(16-11-7-5-8-12-16)17-13-9-6-10-14-17/h3-15,19-20H,1-2H2/b18-15-. The van der Waals surface area contributed by atoms with Crippen molar-refractivity contribution in [1.82, 2.24) is 5.32 Å². The van der Waals surface area contributed by atoms with Gasteiger partial charge in [-0.2, -0.15) is 0 Å². The summed E-state index contributed by atoms with van der Waals surface area (Å²) in [4.78, 5) is 0. The van der Waals surface area contributed by atoms with E-state index in [2.05, 4.69) is 73.1 Å². The van der Waals surface area contributed by atoms with E-state index in [1.165, 1.54) is 11.1 Å². The first-order valence-corrected chi connectivity index (χ1v) is 6.66. The SMILES string of the molecule is C=CN/C(C=C)=C\C(c1ccccc1)c1ccccc1. The highest BCUT2D eigenvalue weighted by Crippen LogP contribution is 2.26. The Hall–Kier alpha value is -2.54. The van der Waals surface area contributed by atoms with E-state index in [-0.39, 0.29) is 5.92 Å². The highest BCUT2D eigenvalue weighted by molar-refractivity contribution is 5.39. The lowest BCUT2D eigenvalue weighted by molar-refractivity contribution is 0.982. The molecule has 20 heavy (non-hydrogen) atoms. The van der Waals surface area contributed by atoms with Crippen LogP contribution in [0.1, 0.15) is 17.0 Å². The second-order valence-electron chi connectivity index (χ2n) is 4.47. The Labute approximate surface area is 121 Å². The molecule has 0 unspecified atom stereocenters. The third-order valence-corrected chi connectivity index (χ3v) is 3.15. The Kier molecular flexibility index (Phi) is 4.96. The van der Waals surface area contributed by atoms with Crippen molar-refractivity contribution >= 4 is 0 Å². The fraction of sp³-hybridized carbons (Fsp3) is 0.0526. The van der Waals surface area contributed by atoms with Gasteiger partial charge in [0.1, 0.15) is 0 Å². The number of allylic oxidation sites excluding steroid dienone is 2. The van der Waals surface area contributed by atoms with Crippen molar-refractivity contribution in [3.05, 3.63) is 109 Å². The molecule has 2 rings (SSSR count). The van der Waals surface area contributed by atoms with Crippen molar-refractivity contribution in [1.29, 1.82) is 0 Å². The molecule has 0 heterocycles. The molecule has 0 aliphatic rings. The lowest BCUT2D eigenvalue weighted by Gasteiger charge is -2.15. The van der Waals surface area contributed by atoms with Crippen LogP contribution in [-0.4, -0.2) is 0 Å². The zero-order chi connectivity index (χ0) is 14.2. The molecule has 0 saturated heterocycles. The average Bonchev–Trinajstić information content (AvgIpc) is 2.53. The van der Waals surface area contributed by atoms with Gasteiger partial charge in [0.05, 0.1) is 0 Å². The van der Waals surface area contributed by atoms with Crippen molar-refractivity contribution in [3.63, 3.8) is 0 Å². The van der Waals surface area contributed by atoms with Gasteiger partial charge in [0.2, 0.25) is 0 Å². The molecule has 2 aromatic rings. The van der Waals surface area contributed by atoms with Crippen LogP contribution in [0.5, 0.6) is 0 Å². The first-order valence-electron chi connectivity index (χ1n) is 6.66. The number of hydrogen-bond donors (Lipinski definition) is 1. The average molecular weight is 261 g/mol. The van der Waals surface area contributed by atoms with Gasteiger partial charge in [0.15, 0.2) is 0 Å². The van der Waals surface area contributed by atoms with Crippen molar-refractivity contribution < 1.29 is 0 Å². The Morgan fingerprint density at radius 1 is 0.850 bits per heavy atom. The molecule has 0 spiro atoms. The zero-order valence-electron chi connectivity index (χ0n) is 11.5. The smallest absolute Gasteiger partial charge is 0.0342 e. The van der Waals surface area contributed by atoms with Crippen LogP contribution < -0.4 is 5.32 Å². The van der Waals surface area contributed by atoms with Gasteiger partial charge in [-0.25, -0.2) is 0 Å². The van der Waals surface area contributed by atoms with Crippen molar-refractivity contribution in [3.8, 4) is 0 Å². The maximum atomic E-state index is 3.84. The van der Waals surface area contributed by atoms with E-state index in [9.17, 15) is 0 Å². The molecule has 0 amide bonds. The lowest BCUT2D eigenvalue weighted by Crippen LogP contribution is -2.06. The quantitative estimate of drug-likeness (QED) is 0.748. The summed E-state index contributed by atoms with van der Waals surface area (Å²) >= 11 is 0. The van der Waals surface area contributed by atoms with Gasteiger partial charge in [0.25, 0.3) is 0 Å². The van der Waals surface area contributed by atoms with Crippen LogP contribution in [0.15, 0.2) is 97.9 Å². The van der Waals surface area contributed by atoms with Gasteiger partial charge in [0, 0.05) is 11.6 Å². The maximum absolute atomic E-state index is 3.84. The van der Waals surface area contributed by atoms with Crippen molar-refractivity contribution in [2.45, 2.75) is 5.92 Å². The molecule has 0 fully saturated rings. The van der Waals surface area contributed by atoms with E-state index < -0.39 is 0 Å². The lowest BCUT2D eigenvalue weighted by atomic mass is 9.90. The highest BCUT2D eigenvalue weighted by atomic mass is 14.8. The number of hydrogen-bond acceptors (Lipinski definition) is 1. The van der Waals surface area contributed by atoms with E-state index >= 15 is 0 Å². The summed E-state index contributed by atoms with van der Waals surface area (Å²) in [5, 5.41) is 3.11. The molecule has 100 valence electrons. The highest BCUT2D eigenvalue weighted by Gasteiger charge is 2.11. The minimum atomic E-state index is 0.192. The van der Waals surface area contributed by atoms with Crippen molar-refractivity contribution in [2.75, 3.05) is 0 Å². The van der Waals surface area contributed by atoms with E-state index in [4.69, 9.17) is 0 Å². The van der Waals surface area contributed by atoms with Crippen LogP contribution in [0.3, 0.4) is 0 Å². The van der Waals surface area contributed by atoms with Crippen LogP contribution in [0.4, 0.5) is 0 Å². The summed E-state index contributed by atoms with van der Waals surface area (Å²) in [5.41, 5.74) is 3.46. The number of rotatable bonds is 6. The molecule has 0 bridgehead atoms. The molecule has 0 saturated carbocycles. The molecular weight excluding hydrogens is 242 g/mol. The van der Waals surface area contributed by atoms with E-state index in [0.717, 1.165) is 5.70 Å². The van der Waals surface area contributed by atoms with Crippen molar-refractivity contribution in [2.24, 2.45) is 0 Å². The van der Waals surface area contributed by atoms with Crippen LogP contribution in [0.2, 0.25) is 0 Å². The minimum Gasteiger partial charge on any atom is -0.363 e. The maximum Gasteiger partial charge on any atom is 0.0342 e. The van der Waals surface area contributed by atoms with E-state index in [0.29, 0.717) is 0 Å². The van der Waals surface area contributed by atoms with Gasteiger partial charge in [-0.15, -0.1) is 0 Å². The van der Waals surface area contributed by atoms with Gasteiger partial charge < -0.3 is 5.32 Å². The minimum absolute atomic E-state index is 0.192. The Morgan fingerprint density at radius 2 is 1.35 bits per heavy atom. The topological polar surface area (TPSA) is 12.0 Å². The second kappa shape index (κ2) is 7.15.